The van der Waals surface area contributed by atoms with Gasteiger partial charge in [0, 0.05) is 11.6 Å². The van der Waals surface area contributed by atoms with Gasteiger partial charge in [-0.15, -0.1) is 0 Å². The number of hydrogen-bond acceptors (Lipinski definition) is 2. The van der Waals surface area contributed by atoms with E-state index < -0.39 is 0 Å². The van der Waals surface area contributed by atoms with Gasteiger partial charge in [0.2, 0.25) is 0 Å². The number of nitrogens with two attached hydrogens (primary N) is 1. The van der Waals surface area contributed by atoms with Crippen LogP contribution in [0, 0.1) is 6.07 Å². The van der Waals surface area contributed by atoms with Gasteiger partial charge >= 0.3 is 0 Å². The molecule has 1 heterocycles. The van der Waals surface area contributed by atoms with E-state index in [1.807, 2.05) is 24.3 Å². The van der Waals surface area contributed by atoms with Gasteiger partial charge in [-0.1, -0.05) is 12.1 Å². The molecule has 0 unspecified atom stereocenters. The highest BCUT2D eigenvalue weighted by atomic mass is 14.8. The Kier molecular flexibility index (Phi) is 1.25. The van der Waals surface area contributed by atoms with Gasteiger partial charge in [0.1, 0.15) is 5.82 Å². The van der Waals surface area contributed by atoms with Crippen LogP contribution in [0.4, 0.5) is 5.82 Å². The van der Waals surface area contributed by atoms with Gasteiger partial charge in [-0.25, -0.2) is 4.98 Å². The molecule has 0 aliphatic heterocycles. The standard InChI is InChI=1S/C9H7N2/c10-9-8-4-2-1-3-7(8)5-6-11-9/h2-6H,(H2,10,11). The van der Waals surface area contributed by atoms with Crippen LogP contribution in [0.3, 0.4) is 0 Å². The van der Waals surface area contributed by atoms with E-state index in [-0.39, 0.29) is 0 Å². The van der Waals surface area contributed by atoms with E-state index in [1.54, 1.807) is 6.20 Å². The highest BCUT2D eigenvalue weighted by Crippen LogP contribution is 2.16. The number of rotatable bonds is 0. The lowest BCUT2D eigenvalue weighted by atomic mass is 10.2. The molecule has 2 aromatic rings. The average molecular weight is 143 g/mol. The second-order valence-electron chi connectivity index (χ2n) is 2.34. The monoisotopic (exact) mass is 143 g/mol. The van der Waals surface area contributed by atoms with Crippen molar-refractivity contribution in [3.8, 4) is 0 Å². The predicted molar refractivity (Wildman–Crippen MR) is 45.0 cm³/mol. The SMILES string of the molecule is Nc1nccc2c[c]ccc12. The lowest BCUT2D eigenvalue weighted by Crippen LogP contribution is -1.89. The predicted octanol–water partition coefficient (Wildman–Crippen LogP) is 1.62. The zero-order valence-corrected chi connectivity index (χ0v) is 5.91. The van der Waals surface area contributed by atoms with Crippen LogP contribution in [0.1, 0.15) is 0 Å². The average Bonchev–Trinajstić information content (AvgIpc) is 2.06. The molecular weight excluding hydrogens is 136 g/mol. The number of benzene rings is 1. The summed E-state index contributed by atoms with van der Waals surface area (Å²) in [6.07, 6.45) is 1.70. The number of nitrogens with zero attached hydrogens (tertiary/aromatic N) is 1. The van der Waals surface area contributed by atoms with Gasteiger partial charge < -0.3 is 5.73 Å². The Balaban J connectivity index is 2.91. The lowest BCUT2D eigenvalue weighted by molar-refractivity contribution is 1.37. The zero-order valence-electron chi connectivity index (χ0n) is 5.91. The Morgan fingerprint density at radius 3 is 3.09 bits per heavy atom. The summed E-state index contributed by atoms with van der Waals surface area (Å²) in [4.78, 5) is 3.97. The Morgan fingerprint density at radius 2 is 2.27 bits per heavy atom. The quantitative estimate of drug-likeness (QED) is 0.608. The van der Waals surface area contributed by atoms with Gasteiger partial charge in [-0.3, -0.25) is 0 Å². The number of fused-ring (bicyclic) bond motifs is 1. The largest absolute Gasteiger partial charge is 0.383 e. The Labute approximate surface area is 64.7 Å². The van der Waals surface area contributed by atoms with E-state index in [9.17, 15) is 0 Å². The topological polar surface area (TPSA) is 38.9 Å². The second-order valence-corrected chi connectivity index (χ2v) is 2.34. The van der Waals surface area contributed by atoms with Crippen molar-refractivity contribution in [3.63, 3.8) is 0 Å². The fourth-order valence-electron chi connectivity index (χ4n) is 1.08. The van der Waals surface area contributed by atoms with Gasteiger partial charge in [0.15, 0.2) is 0 Å². The van der Waals surface area contributed by atoms with Crippen molar-refractivity contribution in [1.29, 1.82) is 0 Å². The van der Waals surface area contributed by atoms with E-state index >= 15 is 0 Å². The molecule has 2 N–H and O–H groups in total. The first-order valence-corrected chi connectivity index (χ1v) is 3.38. The third-order valence-electron chi connectivity index (χ3n) is 1.64. The summed E-state index contributed by atoms with van der Waals surface area (Å²) in [5.41, 5.74) is 5.63. The van der Waals surface area contributed by atoms with Crippen molar-refractivity contribution in [2.24, 2.45) is 0 Å². The van der Waals surface area contributed by atoms with E-state index in [0.29, 0.717) is 5.82 Å². The molecule has 0 fully saturated rings. The lowest BCUT2D eigenvalue weighted by Gasteiger charge is -1.97. The van der Waals surface area contributed by atoms with Crippen molar-refractivity contribution in [1.82, 2.24) is 4.98 Å². The first kappa shape index (κ1) is 6.16. The van der Waals surface area contributed by atoms with Gasteiger partial charge in [0.05, 0.1) is 0 Å². The normalized spacial score (nSPS) is 10.2. The molecule has 0 aliphatic rings. The minimum absolute atomic E-state index is 0.580. The summed E-state index contributed by atoms with van der Waals surface area (Å²) in [5.74, 6) is 0.580. The van der Waals surface area contributed by atoms with Crippen LogP contribution in [0.2, 0.25) is 0 Å². The maximum atomic E-state index is 5.63. The van der Waals surface area contributed by atoms with Crippen molar-refractivity contribution < 1.29 is 0 Å². The molecule has 0 saturated carbocycles. The zero-order chi connectivity index (χ0) is 7.68. The summed E-state index contributed by atoms with van der Waals surface area (Å²) < 4.78 is 0. The summed E-state index contributed by atoms with van der Waals surface area (Å²) in [6.45, 7) is 0. The number of anilines is 1. The third-order valence-corrected chi connectivity index (χ3v) is 1.64. The van der Waals surface area contributed by atoms with Crippen LogP contribution >= 0.6 is 0 Å². The molecule has 1 aromatic heterocycles. The molecule has 0 saturated heterocycles. The molecule has 53 valence electrons. The van der Waals surface area contributed by atoms with Crippen LogP contribution in [0.25, 0.3) is 10.8 Å². The first-order chi connectivity index (χ1) is 5.38. The summed E-state index contributed by atoms with van der Waals surface area (Å²) in [6, 6.07) is 10.5. The highest BCUT2D eigenvalue weighted by molar-refractivity contribution is 5.90. The molecular formula is C9H7N2. The van der Waals surface area contributed by atoms with Crippen molar-refractivity contribution >= 4 is 16.6 Å². The van der Waals surface area contributed by atoms with Crippen LogP contribution in [0.15, 0.2) is 30.5 Å². The van der Waals surface area contributed by atoms with E-state index in [4.69, 9.17) is 5.73 Å². The van der Waals surface area contributed by atoms with Gasteiger partial charge in [-0.2, -0.15) is 0 Å². The van der Waals surface area contributed by atoms with Crippen LogP contribution in [0.5, 0.6) is 0 Å². The maximum Gasteiger partial charge on any atom is 0.131 e. The van der Waals surface area contributed by atoms with Crippen LogP contribution in [-0.2, 0) is 0 Å². The number of hydrogen-bond donors (Lipinski definition) is 1. The molecule has 0 spiro atoms. The van der Waals surface area contributed by atoms with E-state index in [2.05, 4.69) is 11.1 Å². The van der Waals surface area contributed by atoms with Gasteiger partial charge in [-0.05, 0) is 23.6 Å². The molecule has 2 nitrogen and oxygen atoms in total. The summed E-state index contributed by atoms with van der Waals surface area (Å²) in [5, 5.41) is 2.08. The molecule has 0 bridgehead atoms. The smallest absolute Gasteiger partial charge is 0.131 e. The van der Waals surface area contributed by atoms with E-state index in [0.717, 1.165) is 10.8 Å². The van der Waals surface area contributed by atoms with Crippen molar-refractivity contribution in [2.75, 3.05) is 5.73 Å². The minimum Gasteiger partial charge on any atom is -0.383 e. The fourth-order valence-corrected chi connectivity index (χ4v) is 1.08. The minimum atomic E-state index is 0.580. The molecule has 2 heteroatoms. The number of aromatic nitrogens is 1. The summed E-state index contributed by atoms with van der Waals surface area (Å²) in [7, 11) is 0. The molecule has 1 aromatic carbocycles. The molecule has 11 heavy (non-hydrogen) atoms. The molecule has 2 rings (SSSR count). The van der Waals surface area contributed by atoms with Crippen molar-refractivity contribution in [2.45, 2.75) is 0 Å². The molecule has 0 atom stereocenters. The third kappa shape index (κ3) is 0.923. The number of pyridine rings is 1. The molecule has 0 aliphatic carbocycles. The Hall–Kier alpha value is -1.57. The summed E-state index contributed by atoms with van der Waals surface area (Å²) >= 11 is 0. The first-order valence-electron chi connectivity index (χ1n) is 3.38. The Bertz CT molecular complexity index is 377. The van der Waals surface area contributed by atoms with E-state index in [1.165, 1.54) is 0 Å². The van der Waals surface area contributed by atoms with Crippen LogP contribution in [-0.4, -0.2) is 4.98 Å². The number of nitrogen functional groups attached to an aromatic ring is 1. The second kappa shape index (κ2) is 2.23. The maximum absolute atomic E-state index is 5.63. The Morgan fingerprint density at radius 1 is 1.36 bits per heavy atom. The molecule has 1 radical (unpaired) electrons. The highest BCUT2D eigenvalue weighted by Gasteiger charge is 1.94. The van der Waals surface area contributed by atoms with Crippen molar-refractivity contribution in [3.05, 3.63) is 36.5 Å². The van der Waals surface area contributed by atoms with Gasteiger partial charge in [0.25, 0.3) is 0 Å². The molecule has 0 amide bonds. The van der Waals surface area contributed by atoms with Crippen LogP contribution < -0.4 is 5.73 Å². The fraction of sp³-hybridized carbons (Fsp3) is 0.